The van der Waals surface area contributed by atoms with E-state index in [1.54, 1.807) is 17.4 Å². The van der Waals surface area contributed by atoms with Crippen LogP contribution in [0.15, 0.2) is 29.6 Å². The van der Waals surface area contributed by atoms with E-state index in [9.17, 15) is 9.90 Å². The number of thiophene rings is 1. The van der Waals surface area contributed by atoms with Crippen LogP contribution in [0.25, 0.3) is 0 Å². The monoisotopic (exact) mass is 307 g/mol. The largest absolute Gasteiger partial charge is 0.507 e. The van der Waals surface area contributed by atoms with Crippen LogP contribution in [0.3, 0.4) is 0 Å². The molecule has 0 fully saturated rings. The maximum atomic E-state index is 12.3. The van der Waals surface area contributed by atoms with Gasteiger partial charge in [0.25, 0.3) is 5.91 Å². The quantitative estimate of drug-likeness (QED) is 0.883. The molecule has 104 valence electrons. The molecule has 1 atom stereocenters. The normalized spacial score (nSPS) is 17.6. The Balaban J connectivity index is 1.82. The van der Waals surface area contributed by atoms with Crippen molar-refractivity contribution in [2.45, 2.75) is 25.3 Å². The van der Waals surface area contributed by atoms with Crippen molar-refractivity contribution in [3.63, 3.8) is 0 Å². The summed E-state index contributed by atoms with van der Waals surface area (Å²) in [7, 11) is 0. The predicted octanol–water partition coefficient (Wildman–Crippen LogP) is 3.91. The van der Waals surface area contributed by atoms with Crippen LogP contribution in [0.4, 0.5) is 0 Å². The first kappa shape index (κ1) is 13.5. The number of carbonyl (C=O) groups excluding carboxylic acids is 1. The third-order valence-corrected chi connectivity index (χ3v) is 4.79. The second-order valence-electron chi connectivity index (χ2n) is 4.88. The predicted molar refractivity (Wildman–Crippen MR) is 80.6 cm³/mol. The van der Waals surface area contributed by atoms with Gasteiger partial charge in [-0.25, -0.2) is 0 Å². The standard InChI is InChI=1S/C15H14ClNO2S/c16-9-4-5-13(18)11(8-9)15(19)17-12-2-1-3-14-10(12)6-7-20-14/h4-8,12,18H,1-3H2,(H,17,19). The van der Waals surface area contributed by atoms with Gasteiger partial charge in [0.2, 0.25) is 0 Å². The molecule has 3 rings (SSSR count). The smallest absolute Gasteiger partial charge is 0.255 e. The average Bonchev–Trinajstić information content (AvgIpc) is 2.91. The minimum atomic E-state index is -0.283. The van der Waals surface area contributed by atoms with Crippen molar-refractivity contribution in [2.24, 2.45) is 0 Å². The maximum absolute atomic E-state index is 12.3. The SMILES string of the molecule is O=C(NC1CCCc2sccc21)c1cc(Cl)ccc1O. The number of aromatic hydroxyl groups is 1. The highest BCUT2D eigenvalue weighted by Gasteiger charge is 2.24. The molecule has 0 spiro atoms. The molecular formula is C15H14ClNO2S. The van der Waals surface area contributed by atoms with Gasteiger partial charge in [-0.05, 0) is 54.5 Å². The molecular weight excluding hydrogens is 294 g/mol. The number of phenolic OH excluding ortho intramolecular Hbond substituents is 1. The first-order valence-corrected chi connectivity index (χ1v) is 7.76. The molecule has 1 aromatic carbocycles. The Bertz CT molecular complexity index is 653. The Hall–Kier alpha value is -1.52. The molecule has 1 aromatic heterocycles. The third-order valence-electron chi connectivity index (χ3n) is 3.56. The maximum Gasteiger partial charge on any atom is 0.255 e. The summed E-state index contributed by atoms with van der Waals surface area (Å²) < 4.78 is 0. The molecule has 20 heavy (non-hydrogen) atoms. The van der Waals surface area contributed by atoms with Gasteiger partial charge >= 0.3 is 0 Å². The van der Waals surface area contributed by atoms with E-state index in [1.807, 2.05) is 0 Å². The number of fused-ring (bicyclic) bond motifs is 1. The number of hydrogen-bond acceptors (Lipinski definition) is 3. The lowest BCUT2D eigenvalue weighted by molar-refractivity contribution is 0.0930. The number of aryl methyl sites for hydroxylation is 1. The van der Waals surface area contributed by atoms with Crippen molar-refractivity contribution in [1.82, 2.24) is 5.32 Å². The Labute approximate surface area is 126 Å². The molecule has 3 nitrogen and oxygen atoms in total. The van der Waals surface area contributed by atoms with Crippen LogP contribution in [0, 0.1) is 0 Å². The van der Waals surface area contributed by atoms with Gasteiger partial charge in [0.1, 0.15) is 5.75 Å². The zero-order chi connectivity index (χ0) is 14.1. The summed E-state index contributed by atoms with van der Waals surface area (Å²) in [5.74, 6) is -0.331. The molecule has 1 amide bonds. The van der Waals surface area contributed by atoms with E-state index in [2.05, 4.69) is 16.8 Å². The van der Waals surface area contributed by atoms with Crippen LogP contribution in [-0.4, -0.2) is 11.0 Å². The third kappa shape index (κ3) is 2.53. The number of rotatable bonds is 2. The second-order valence-corrected chi connectivity index (χ2v) is 6.32. The molecule has 2 N–H and O–H groups in total. The van der Waals surface area contributed by atoms with E-state index in [0.29, 0.717) is 5.02 Å². The highest BCUT2D eigenvalue weighted by atomic mass is 35.5. The summed E-state index contributed by atoms with van der Waals surface area (Å²) in [6.07, 6.45) is 3.08. The molecule has 1 aliphatic rings. The van der Waals surface area contributed by atoms with E-state index < -0.39 is 0 Å². The molecule has 1 unspecified atom stereocenters. The fourth-order valence-corrected chi connectivity index (χ4v) is 3.72. The molecule has 1 heterocycles. The number of nitrogens with one attached hydrogen (secondary N) is 1. The molecule has 0 aliphatic heterocycles. The fourth-order valence-electron chi connectivity index (χ4n) is 2.56. The van der Waals surface area contributed by atoms with Gasteiger partial charge in [0, 0.05) is 9.90 Å². The van der Waals surface area contributed by atoms with Gasteiger partial charge in [-0.15, -0.1) is 11.3 Å². The van der Waals surface area contributed by atoms with Gasteiger partial charge < -0.3 is 10.4 Å². The van der Waals surface area contributed by atoms with Gasteiger partial charge in [-0.1, -0.05) is 11.6 Å². The number of phenols is 1. The van der Waals surface area contributed by atoms with Gasteiger partial charge in [-0.2, -0.15) is 0 Å². The Kier molecular flexibility index (Phi) is 3.68. The van der Waals surface area contributed by atoms with E-state index in [-0.39, 0.29) is 23.3 Å². The molecule has 1 aliphatic carbocycles. The molecule has 5 heteroatoms. The molecule has 0 bridgehead atoms. The minimum Gasteiger partial charge on any atom is -0.507 e. The van der Waals surface area contributed by atoms with Crippen LogP contribution in [0.5, 0.6) is 5.75 Å². The van der Waals surface area contributed by atoms with Crippen LogP contribution in [0.1, 0.15) is 39.7 Å². The zero-order valence-corrected chi connectivity index (χ0v) is 12.3. The highest BCUT2D eigenvalue weighted by molar-refractivity contribution is 7.10. The summed E-state index contributed by atoms with van der Waals surface area (Å²) in [5.41, 5.74) is 1.43. The summed E-state index contributed by atoms with van der Waals surface area (Å²) in [6, 6.07) is 6.58. The fraction of sp³-hybridized carbons (Fsp3) is 0.267. The van der Waals surface area contributed by atoms with Crippen LogP contribution in [-0.2, 0) is 6.42 Å². The molecule has 2 aromatic rings. The second kappa shape index (κ2) is 5.46. The average molecular weight is 308 g/mol. The van der Waals surface area contributed by atoms with Crippen molar-refractivity contribution in [3.8, 4) is 5.75 Å². The number of hydrogen-bond donors (Lipinski definition) is 2. The van der Waals surface area contributed by atoms with Gasteiger partial charge in [0.15, 0.2) is 0 Å². The lowest BCUT2D eigenvalue weighted by Gasteiger charge is -2.23. The summed E-state index contributed by atoms with van der Waals surface area (Å²) in [4.78, 5) is 13.6. The van der Waals surface area contributed by atoms with Crippen molar-refractivity contribution in [3.05, 3.63) is 50.7 Å². The van der Waals surface area contributed by atoms with Crippen LogP contribution < -0.4 is 5.32 Å². The molecule has 0 radical (unpaired) electrons. The van der Waals surface area contributed by atoms with Crippen molar-refractivity contribution in [2.75, 3.05) is 0 Å². The number of benzene rings is 1. The molecule has 0 saturated heterocycles. The Morgan fingerprint density at radius 2 is 2.25 bits per heavy atom. The van der Waals surface area contributed by atoms with Gasteiger partial charge in [-0.3, -0.25) is 4.79 Å². The first-order chi connectivity index (χ1) is 9.65. The van der Waals surface area contributed by atoms with E-state index in [4.69, 9.17) is 11.6 Å². The Morgan fingerprint density at radius 3 is 3.10 bits per heavy atom. The van der Waals surface area contributed by atoms with E-state index in [0.717, 1.165) is 19.3 Å². The van der Waals surface area contributed by atoms with Crippen LogP contribution in [0.2, 0.25) is 5.02 Å². The highest BCUT2D eigenvalue weighted by Crippen LogP contribution is 2.33. The van der Waals surface area contributed by atoms with Crippen molar-refractivity contribution >= 4 is 28.8 Å². The minimum absolute atomic E-state index is 0.0240. The van der Waals surface area contributed by atoms with Crippen molar-refractivity contribution < 1.29 is 9.90 Å². The summed E-state index contributed by atoms with van der Waals surface area (Å²) >= 11 is 7.61. The van der Waals surface area contributed by atoms with E-state index in [1.165, 1.54) is 22.6 Å². The summed E-state index contributed by atoms with van der Waals surface area (Å²) in [6.45, 7) is 0. The zero-order valence-electron chi connectivity index (χ0n) is 10.7. The van der Waals surface area contributed by atoms with E-state index >= 15 is 0 Å². The van der Waals surface area contributed by atoms with Gasteiger partial charge in [0.05, 0.1) is 11.6 Å². The lowest BCUT2D eigenvalue weighted by Crippen LogP contribution is -2.30. The first-order valence-electron chi connectivity index (χ1n) is 6.51. The lowest BCUT2D eigenvalue weighted by atomic mass is 9.94. The van der Waals surface area contributed by atoms with Crippen LogP contribution >= 0.6 is 22.9 Å². The topological polar surface area (TPSA) is 49.3 Å². The Morgan fingerprint density at radius 1 is 1.40 bits per heavy atom. The van der Waals surface area contributed by atoms with Crippen molar-refractivity contribution in [1.29, 1.82) is 0 Å². The summed E-state index contributed by atoms with van der Waals surface area (Å²) in [5, 5.41) is 15.3. The number of halogens is 1. The number of carbonyl (C=O) groups is 1. The molecule has 0 saturated carbocycles. The number of amides is 1.